The maximum Gasteiger partial charge on any atom is 0.225 e. The quantitative estimate of drug-likeness (QED) is 0.670. The molecule has 0 fully saturated rings. The lowest BCUT2D eigenvalue weighted by Gasteiger charge is -2.12. The van der Waals surface area contributed by atoms with Gasteiger partial charge in [0.05, 0.1) is 5.69 Å². The van der Waals surface area contributed by atoms with Gasteiger partial charge in [0.25, 0.3) is 0 Å². The molecule has 1 aromatic heterocycles. The Kier molecular flexibility index (Phi) is 5.06. The third-order valence-corrected chi connectivity index (χ3v) is 3.74. The van der Waals surface area contributed by atoms with E-state index in [0.717, 1.165) is 35.7 Å². The summed E-state index contributed by atoms with van der Waals surface area (Å²) >= 11 is 0. The molecule has 1 heterocycles. The van der Waals surface area contributed by atoms with Crippen LogP contribution in [0.1, 0.15) is 18.9 Å². The molecule has 0 amide bonds. The second-order valence-corrected chi connectivity index (χ2v) is 5.69. The molecule has 0 unspecified atom stereocenters. The first kappa shape index (κ1) is 16.0. The minimum Gasteiger partial charge on any atom is -0.354 e. The second kappa shape index (κ2) is 7.59. The molecule has 2 aromatic carbocycles. The van der Waals surface area contributed by atoms with Crippen LogP contribution in [0.3, 0.4) is 0 Å². The summed E-state index contributed by atoms with van der Waals surface area (Å²) in [5, 5.41) is 6.69. The Bertz CT molecular complexity index is 800. The highest BCUT2D eigenvalue weighted by Crippen LogP contribution is 2.24. The van der Waals surface area contributed by atoms with Crippen LogP contribution < -0.4 is 10.6 Å². The van der Waals surface area contributed by atoms with E-state index in [2.05, 4.69) is 58.7 Å². The van der Waals surface area contributed by atoms with Gasteiger partial charge in [-0.05, 0) is 25.0 Å². The zero-order valence-corrected chi connectivity index (χ0v) is 14.1. The van der Waals surface area contributed by atoms with Gasteiger partial charge in [-0.15, -0.1) is 0 Å². The lowest BCUT2D eigenvalue weighted by atomic mass is 10.1. The maximum absolute atomic E-state index is 4.64. The fourth-order valence-electron chi connectivity index (χ4n) is 2.44. The summed E-state index contributed by atoms with van der Waals surface area (Å²) in [7, 11) is 0. The van der Waals surface area contributed by atoms with Gasteiger partial charge in [-0.2, -0.15) is 4.98 Å². The molecule has 0 aliphatic rings. The molecule has 0 saturated carbocycles. The van der Waals surface area contributed by atoms with Crippen molar-refractivity contribution >= 4 is 17.5 Å². The fraction of sp³-hybridized carbons (Fsp3) is 0.200. The van der Waals surface area contributed by atoms with Gasteiger partial charge < -0.3 is 10.6 Å². The number of aryl methyl sites for hydroxylation is 1. The van der Waals surface area contributed by atoms with Crippen LogP contribution in [-0.2, 0) is 0 Å². The molecule has 0 bridgehead atoms. The minimum atomic E-state index is 0.647. The summed E-state index contributed by atoms with van der Waals surface area (Å²) in [5.74, 6) is 1.44. The van der Waals surface area contributed by atoms with Crippen LogP contribution in [0.2, 0.25) is 0 Å². The average Bonchev–Trinajstić information content (AvgIpc) is 2.62. The molecule has 122 valence electrons. The van der Waals surface area contributed by atoms with Gasteiger partial charge in [0.15, 0.2) is 0 Å². The highest BCUT2D eigenvalue weighted by Gasteiger charge is 2.07. The number of hydrogen-bond acceptors (Lipinski definition) is 4. The first-order chi connectivity index (χ1) is 11.8. The van der Waals surface area contributed by atoms with Crippen LogP contribution in [0.4, 0.5) is 17.5 Å². The average molecular weight is 318 g/mol. The third kappa shape index (κ3) is 3.90. The molecule has 0 aliphatic heterocycles. The van der Waals surface area contributed by atoms with E-state index < -0.39 is 0 Å². The zero-order chi connectivity index (χ0) is 16.8. The molecule has 4 heteroatoms. The van der Waals surface area contributed by atoms with Crippen molar-refractivity contribution in [2.45, 2.75) is 20.3 Å². The predicted octanol–water partition coefficient (Wildman–Crippen LogP) is 5.02. The van der Waals surface area contributed by atoms with E-state index >= 15 is 0 Å². The number of aromatic nitrogens is 2. The molecule has 0 atom stereocenters. The van der Waals surface area contributed by atoms with Crippen molar-refractivity contribution in [3.8, 4) is 11.3 Å². The molecular weight excluding hydrogens is 296 g/mol. The predicted molar refractivity (Wildman–Crippen MR) is 101 cm³/mol. The van der Waals surface area contributed by atoms with Gasteiger partial charge in [-0.3, -0.25) is 0 Å². The van der Waals surface area contributed by atoms with Crippen LogP contribution in [-0.4, -0.2) is 16.5 Å². The van der Waals surface area contributed by atoms with Crippen LogP contribution in [0.15, 0.2) is 60.7 Å². The van der Waals surface area contributed by atoms with Crippen molar-refractivity contribution in [2.75, 3.05) is 17.2 Å². The Hall–Kier alpha value is -2.88. The van der Waals surface area contributed by atoms with E-state index in [1.165, 1.54) is 5.56 Å². The lowest BCUT2D eigenvalue weighted by molar-refractivity contribution is 0.954. The van der Waals surface area contributed by atoms with E-state index in [0.29, 0.717) is 5.95 Å². The van der Waals surface area contributed by atoms with Crippen molar-refractivity contribution in [1.82, 2.24) is 9.97 Å². The first-order valence-electron chi connectivity index (χ1n) is 8.27. The smallest absolute Gasteiger partial charge is 0.225 e. The van der Waals surface area contributed by atoms with E-state index in [-0.39, 0.29) is 0 Å². The zero-order valence-electron chi connectivity index (χ0n) is 14.1. The van der Waals surface area contributed by atoms with Gasteiger partial charge >= 0.3 is 0 Å². The van der Waals surface area contributed by atoms with E-state index in [1.54, 1.807) is 0 Å². The summed E-state index contributed by atoms with van der Waals surface area (Å²) in [6.07, 6.45) is 1.03. The van der Waals surface area contributed by atoms with Gasteiger partial charge in [0.2, 0.25) is 5.95 Å². The molecule has 0 spiro atoms. The van der Waals surface area contributed by atoms with Crippen LogP contribution >= 0.6 is 0 Å². The molecule has 0 radical (unpaired) electrons. The van der Waals surface area contributed by atoms with Crippen LogP contribution in [0.5, 0.6) is 0 Å². The largest absolute Gasteiger partial charge is 0.354 e. The number of para-hydroxylation sites is 1. The van der Waals surface area contributed by atoms with Crippen molar-refractivity contribution in [2.24, 2.45) is 0 Å². The Morgan fingerprint density at radius 1 is 0.917 bits per heavy atom. The topological polar surface area (TPSA) is 49.8 Å². The Morgan fingerprint density at radius 2 is 1.67 bits per heavy atom. The minimum absolute atomic E-state index is 0.647. The summed E-state index contributed by atoms with van der Waals surface area (Å²) in [6, 6.07) is 20.3. The normalized spacial score (nSPS) is 10.4. The van der Waals surface area contributed by atoms with Crippen LogP contribution in [0, 0.1) is 6.92 Å². The molecule has 3 aromatic rings. The van der Waals surface area contributed by atoms with Gasteiger partial charge in [-0.25, -0.2) is 4.98 Å². The number of anilines is 3. The number of benzene rings is 2. The SMILES string of the molecule is CCCNc1nc(Nc2ccccc2C)cc(-c2ccccc2)n1. The van der Waals surface area contributed by atoms with Gasteiger partial charge in [0, 0.05) is 23.9 Å². The van der Waals surface area contributed by atoms with Crippen LogP contribution in [0.25, 0.3) is 11.3 Å². The molecule has 3 rings (SSSR count). The molecule has 24 heavy (non-hydrogen) atoms. The monoisotopic (exact) mass is 318 g/mol. The molecule has 2 N–H and O–H groups in total. The number of rotatable bonds is 6. The fourth-order valence-corrected chi connectivity index (χ4v) is 2.44. The second-order valence-electron chi connectivity index (χ2n) is 5.69. The Morgan fingerprint density at radius 3 is 2.42 bits per heavy atom. The number of nitrogens with zero attached hydrogens (tertiary/aromatic N) is 2. The highest BCUT2D eigenvalue weighted by molar-refractivity contribution is 5.68. The van der Waals surface area contributed by atoms with Crippen molar-refractivity contribution in [1.29, 1.82) is 0 Å². The Labute approximate surface area is 143 Å². The molecular formula is C20H22N4. The third-order valence-electron chi connectivity index (χ3n) is 3.74. The maximum atomic E-state index is 4.64. The van der Waals surface area contributed by atoms with Crippen molar-refractivity contribution in [3.63, 3.8) is 0 Å². The van der Waals surface area contributed by atoms with E-state index in [1.807, 2.05) is 36.4 Å². The van der Waals surface area contributed by atoms with Crippen molar-refractivity contribution < 1.29 is 0 Å². The molecule has 0 aliphatic carbocycles. The number of nitrogens with one attached hydrogen (secondary N) is 2. The van der Waals surface area contributed by atoms with Crippen molar-refractivity contribution in [3.05, 3.63) is 66.2 Å². The Balaban J connectivity index is 1.97. The number of hydrogen-bond donors (Lipinski definition) is 2. The highest BCUT2D eigenvalue weighted by atomic mass is 15.1. The van der Waals surface area contributed by atoms with Gasteiger partial charge in [-0.1, -0.05) is 55.5 Å². The molecule has 4 nitrogen and oxygen atoms in total. The summed E-state index contributed by atoms with van der Waals surface area (Å²) in [4.78, 5) is 9.24. The van der Waals surface area contributed by atoms with E-state index in [4.69, 9.17) is 0 Å². The summed E-state index contributed by atoms with van der Waals surface area (Å²) in [5.41, 5.74) is 4.21. The van der Waals surface area contributed by atoms with E-state index in [9.17, 15) is 0 Å². The lowest BCUT2D eigenvalue weighted by Crippen LogP contribution is -2.07. The summed E-state index contributed by atoms with van der Waals surface area (Å²) in [6.45, 7) is 5.06. The first-order valence-corrected chi connectivity index (χ1v) is 8.27. The van der Waals surface area contributed by atoms with Gasteiger partial charge in [0.1, 0.15) is 5.82 Å². The standard InChI is InChI=1S/C20H22N4/c1-3-13-21-20-23-18(16-10-5-4-6-11-16)14-19(24-20)22-17-12-8-7-9-15(17)2/h4-12,14H,3,13H2,1-2H3,(H2,21,22,23,24). The molecule has 0 saturated heterocycles. The summed E-state index contributed by atoms with van der Waals surface area (Å²) < 4.78 is 0.